The van der Waals surface area contributed by atoms with Crippen molar-refractivity contribution < 1.29 is 27.5 Å². The lowest BCUT2D eigenvalue weighted by atomic mass is 9.93. The Balaban J connectivity index is 1.60. The largest absolute Gasteiger partial charge is 0.573 e. The summed E-state index contributed by atoms with van der Waals surface area (Å²) in [5.41, 5.74) is 2.98. The molecular formula is C34H35F3N4O3. The van der Waals surface area contributed by atoms with Crippen LogP contribution in [0.1, 0.15) is 55.1 Å². The molecule has 1 unspecified atom stereocenters. The molecule has 1 N–H and O–H groups in total. The fourth-order valence-electron chi connectivity index (χ4n) is 5.76. The van der Waals surface area contributed by atoms with Crippen LogP contribution in [0.2, 0.25) is 0 Å². The van der Waals surface area contributed by atoms with Crippen molar-refractivity contribution >= 4 is 17.5 Å². The highest BCUT2D eigenvalue weighted by atomic mass is 19.4. The molecule has 2 amide bonds. The highest BCUT2D eigenvalue weighted by Gasteiger charge is 2.35. The summed E-state index contributed by atoms with van der Waals surface area (Å²) in [7, 11) is 0. The minimum absolute atomic E-state index is 0.0123. The molecule has 1 aliphatic carbocycles. The van der Waals surface area contributed by atoms with E-state index in [0.717, 1.165) is 37.7 Å². The van der Waals surface area contributed by atoms with E-state index in [9.17, 15) is 22.8 Å². The van der Waals surface area contributed by atoms with Crippen molar-refractivity contribution in [3.8, 4) is 16.9 Å². The molecule has 1 fully saturated rings. The number of carbonyl (C=O) groups is 2. The number of alkyl halides is 3. The van der Waals surface area contributed by atoms with E-state index in [1.165, 1.54) is 23.1 Å². The van der Waals surface area contributed by atoms with E-state index in [1.807, 2.05) is 31.2 Å². The second-order valence-corrected chi connectivity index (χ2v) is 11.1. The Hall–Kier alpha value is -4.60. The van der Waals surface area contributed by atoms with Crippen LogP contribution in [0.4, 0.5) is 18.9 Å². The van der Waals surface area contributed by atoms with Crippen molar-refractivity contribution in [2.75, 3.05) is 4.90 Å². The lowest BCUT2D eigenvalue weighted by Gasteiger charge is -2.34. The molecular weight excluding hydrogens is 569 g/mol. The van der Waals surface area contributed by atoms with E-state index in [0.29, 0.717) is 28.2 Å². The summed E-state index contributed by atoms with van der Waals surface area (Å²) in [5, 5.41) is 3.22. The fraction of sp³-hybridized carbons (Fsp3) is 0.324. The smallest absolute Gasteiger partial charge is 0.406 e. The second kappa shape index (κ2) is 13.4. The molecule has 1 aromatic heterocycles. The highest BCUT2D eigenvalue weighted by molar-refractivity contribution is 6.02. The van der Waals surface area contributed by atoms with Gasteiger partial charge in [0.05, 0.1) is 0 Å². The predicted octanol–water partition coefficient (Wildman–Crippen LogP) is 7.29. The molecule has 0 radical (unpaired) electrons. The van der Waals surface area contributed by atoms with Crippen molar-refractivity contribution in [1.82, 2.24) is 14.9 Å². The third-order valence-corrected chi connectivity index (χ3v) is 7.96. The normalized spacial score (nSPS) is 14.6. The molecule has 5 rings (SSSR count). The molecule has 1 heterocycles. The molecule has 44 heavy (non-hydrogen) atoms. The Morgan fingerprint density at radius 2 is 1.68 bits per heavy atom. The number of carbonyl (C=O) groups excluding carboxylic acids is 2. The molecule has 230 valence electrons. The Morgan fingerprint density at radius 1 is 0.977 bits per heavy atom. The van der Waals surface area contributed by atoms with Crippen LogP contribution in [-0.2, 0) is 16.1 Å². The average Bonchev–Trinajstić information content (AvgIpc) is 3.39. The Morgan fingerprint density at radius 3 is 2.36 bits per heavy atom. The maximum Gasteiger partial charge on any atom is 0.573 e. The first-order valence-electron chi connectivity index (χ1n) is 14.7. The number of aromatic nitrogens is 2. The summed E-state index contributed by atoms with van der Waals surface area (Å²) in [4.78, 5) is 34.3. The monoisotopic (exact) mass is 604 g/mol. The van der Waals surface area contributed by atoms with Crippen molar-refractivity contribution in [3.63, 3.8) is 0 Å². The number of benzene rings is 3. The van der Waals surface area contributed by atoms with Gasteiger partial charge in [-0.3, -0.25) is 14.5 Å². The number of nitrogens with one attached hydrogen (secondary N) is 1. The number of hydrogen-bond donors (Lipinski definition) is 1. The van der Waals surface area contributed by atoms with Crippen LogP contribution in [0.15, 0.2) is 85.2 Å². The SMILES string of the molecule is Cc1ccccc1C(C(=O)NC1CCCCC1)N(C(=O)Cn1ccnc1C)c1cccc(-c2cccc(OC(F)(F)F)c2)c1. The quantitative estimate of drug-likeness (QED) is 0.218. The molecule has 0 saturated heterocycles. The van der Waals surface area contributed by atoms with Crippen LogP contribution in [0.3, 0.4) is 0 Å². The molecule has 1 aliphatic rings. The van der Waals surface area contributed by atoms with E-state index in [-0.39, 0.29) is 30.2 Å². The summed E-state index contributed by atoms with van der Waals surface area (Å²) < 4.78 is 44.7. The number of imidazole rings is 1. The zero-order chi connectivity index (χ0) is 31.3. The van der Waals surface area contributed by atoms with Crippen molar-refractivity contribution in [2.45, 2.75) is 70.9 Å². The number of anilines is 1. The topological polar surface area (TPSA) is 76.5 Å². The van der Waals surface area contributed by atoms with Gasteiger partial charge >= 0.3 is 6.36 Å². The van der Waals surface area contributed by atoms with Gasteiger partial charge in [0.15, 0.2) is 0 Å². The van der Waals surface area contributed by atoms with Crippen LogP contribution in [0.25, 0.3) is 11.1 Å². The average molecular weight is 605 g/mol. The van der Waals surface area contributed by atoms with E-state index in [1.54, 1.807) is 54.2 Å². The number of nitrogens with zero attached hydrogens (tertiary/aromatic N) is 3. The molecule has 3 aromatic carbocycles. The highest BCUT2D eigenvalue weighted by Crippen LogP contribution is 2.35. The number of rotatable bonds is 9. The summed E-state index contributed by atoms with van der Waals surface area (Å²) >= 11 is 0. The van der Waals surface area contributed by atoms with Gasteiger partial charge in [-0.2, -0.15) is 0 Å². The van der Waals surface area contributed by atoms with Gasteiger partial charge in [0.2, 0.25) is 11.8 Å². The number of ether oxygens (including phenoxy) is 1. The number of aryl methyl sites for hydroxylation is 2. The third kappa shape index (κ3) is 7.48. The zero-order valence-corrected chi connectivity index (χ0v) is 24.7. The summed E-state index contributed by atoms with van der Waals surface area (Å²) in [5.74, 6) is -0.335. The zero-order valence-electron chi connectivity index (χ0n) is 24.7. The van der Waals surface area contributed by atoms with Gasteiger partial charge < -0.3 is 14.6 Å². The first kappa shape index (κ1) is 30.8. The first-order chi connectivity index (χ1) is 21.1. The molecule has 0 spiro atoms. The van der Waals surface area contributed by atoms with Gasteiger partial charge in [-0.15, -0.1) is 13.2 Å². The van der Waals surface area contributed by atoms with Crippen molar-refractivity contribution in [1.29, 1.82) is 0 Å². The Kier molecular flexibility index (Phi) is 9.37. The Labute approximate surface area is 254 Å². The van der Waals surface area contributed by atoms with Gasteiger partial charge in [0, 0.05) is 24.1 Å². The van der Waals surface area contributed by atoms with Crippen LogP contribution in [-0.4, -0.2) is 33.8 Å². The summed E-state index contributed by atoms with van der Waals surface area (Å²) in [6.45, 7) is 3.63. The maximum absolute atomic E-state index is 14.3. The number of amides is 2. The van der Waals surface area contributed by atoms with Crippen LogP contribution >= 0.6 is 0 Å². The van der Waals surface area contributed by atoms with Gasteiger partial charge in [-0.25, -0.2) is 4.98 Å². The molecule has 1 atom stereocenters. The van der Waals surface area contributed by atoms with Crippen LogP contribution in [0.5, 0.6) is 5.75 Å². The van der Waals surface area contributed by atoms with Crippen molar-refractivity contribution in [2.24, 2.45) is 0 Å². The fourth-order valence-corrected chi connectivity index (χ4v) is 5.76. The number of hydrogen-bond acceptors (Lipinski definition) is 4. The van der Waals surface area contributed by atoms with E-state index in [4.69, 9.17) is 0 Å². The Bertz CT molecular complexity index is 1610. The summed E-state index contributed by atoms with van der Waals surface area (Å²) in [6, 6.07) is 19.1. The molecule has 1 saturated carbocycles. The second-order valence-electron chi connectivity index (χ2n) is 11.1. The van der Waals surface area contributed by atoms with E-state index < -0.39 is 12.4 Å². The minimum Gasteiger partial charge on any atom is -0.406 e. The van der Waals surface area contributed by atoms with Gasteiger partial charge in [-0.1, -0.05) is 67.8 Å². The van der Waals surface area contributed by atoms with E-state index in [2.05, 4.69) is 15.0 Å². The van der Waals surface area contributed by atoms with Crippen LogP contribution < -0.4 is 15.0 Å². The van der Waals surface area contributed by atoms with Crippen LogP contribution in [0, 0.1) is 13.8 Å². The van der Waals surface area contributed by atoms with Gasteiger partial charge in [-0.05, 0) is 73.2 Å². The number of halogens is 3. The summed E-state index contributed by atoms with van der Waals surface area (Å²) in [6.07, 6.45) is 3.42. The lowest BCUT2D eigenvalue weighted by molar-refractivity contribution is -0.274. The van der Waals surface area contributed by atoms with Crippen molar-refractivity contribution in [3.05, 3.63) is 102 Å². The maximum atomic E-state index is 14.3. The minimum atomic E-state index is -4.83. The third-order valence-electron chi connectivity index (χ3n) is 7.96. The first-order valence-corrected chi connectivity index (χ1v) is 14.7. The lowest BCUT2D eigenvalue weighted by Crippen LogP contribution is -2.48. The molecule has 7 nitrogen and oxygen atoms in total. The molecule has 0 bridgehead atoms. The standard InChI is InChI=1S/C34H35F3N4O3/c1-23-10-6-7-17-30(23)32(33(43)39-27-13-4-3-5-14-27)41(31(42)22-40-19-18-38-24(40)2)28-15-8-11-25(20-28)26-12-9-16-29(21-26)44-34(35,36)37/h6-12,15-21,27,32H,3-5,13-14,22H2,1-2H3,(H,39,43). The predicted molar refractivity (Wildman–Crippen MR) is 162 cm³/mol. The molecule has 0 aliphatic heterocycles. The molecule has 4 aromatic rings. The molecule has 10 heteroatoms. The van der Waals surface area contributed by atoms with Gasteiger partial charge in [0.1, 0.15) is 24.2 Å². The van der Waals surface area contributed by atoms with Gasteiger partial charge in [0.25, 0.3) is 0 Å². The van der Waals surface area contributed by atoms with E-state index >= 15 is 0 Å².